The van der Waals surface area contributed by atoms with Gasteiger partial charge in [-0.3, -0.25) is 0 Å². The summed E-state index contributed by atoms with van der Waals surface area (Å²) in [7, 11) is 1.69. The summed E-state index contributed by atoms with van der Waals surface area (Å²) in [4.78, 5) is 0.166. The lowest BCUT2D eigenvalue weighted by Crippen LogP contribution is -1.95. The quantitative estimate of drug-likeness (QED) is 0.710. The van der Waals surface area contributed by atoms with Gasteiger partial charge in [0.1, 0.15) is 5.75 Å². The van der Waals surface area contributed by atoms with E-state index in [0.29, 0.717) is 0 Å². The third-order valence-electron chi connectivity index (χ3n) is 2.87. The molecule has 0 N–H and O–H groups in total. The molecule has 0 aromatic heterocycles. The van der Waals surface area contributed by atoms with Gasteiger partial charge in [-0.1, -0.05) is 51.8 Å². The molecule has 94 valence electrons. The second-order valence-corrected chi connectivity index (χ2v) is 5.50. The lowest BCUT2D eigenvalue weighted by Gasteiger charge is -2.13. The molecule has 0 saturated carbocycles. The number of methoxy groups -OCH3 is 1. The van der Waals surface area contributed by atoms with Crippen molar-refractivity contribution in [3.05, 3.63) is 64.2 Å². The van der Waals surface area contributed by atoms with Crippen molar-refractivity contribution in [2.75, 3.05) is 7.11 Å². The maximum absolute atomic E-state index is 5.90. The smallest absolute Gasteiger partial charge is 0.121 e. The number of halogens is 2. The Labute approximate surface area is 121 Å². The van der Waals surface area contributed by atoms with Crippen molar-refractivity contribution in [2.24, 2.45) is 0 Å². The lowest BCUT2D eigenvalue weighted by atomic mass is 10.0. The summed E-state index contributed by atoms with van der Waals surface area (Å²) in [5, 5.41) is 0.754. The Morgan fingerprint density at radius 2 is 1.67 bits per heavy atom. The van der Waals surface area contributed by atoms with E-state index in [1.807, 2.05) is 37.3 Å². The SMILES string of the molecule is COc1ccc(C(Br)c2ccc(Cl)cc2)cc1C. The fourth-order valence-electron chi connectivity index (χ4n) is 1.88. The van der Waals surface area contributed by atoms with E-state index >= 15 is 0 Å². The molecular formula is C15H14BrClO. The van der Waals surface area contributed by atoms with Gasteiger partial charge in [0, 0.05) is 5.02 Å². The van der Waals surface area contributed by atoms with E-state index in [4.69, 9.17) is 16.3 Å². The minimum absolute atomic E-state index is 0.166. The molecule has 0 aliphatic rings. The summed E-state index contributed by atoms with van der Waals surface area (Å²) < 4.78 is 5.27. The van der Waals surface area contributed by atoms with Gasteiger partial charge in [-0.25, -0.2) is 0 Å². The first-order valence-electron chi connectivity index (χ1n) is 5.66. The van der Waals surface area contributed by atoms with Crippen LogP contribution in [0.5, 0.6) is 5.75 Å². The topological polar surface area (TPSA) is 9.23 Å². The normalized spacial score (nSPS) is 12.2. The highest BCUT2D eigenvalue weighted by atomic mass is 79.9. The number of hydrogen-bond donors (Lipinski definition) is 0. The Morgan fingerprint density at radius 1 is 1.06 bits per heavy atom. The van der Waals surface area contributed by atoms with Crippen LogP contribution >= 0.6 is 27.5 Å². The molecule has 0 aliphatic heterocycles. The Morgan fingerprint density at radius 3 is 2.22 bits per heavy atom. The van der Waals surface area contributed by atoms with Crippen LogP contribution in [0.3, 0.4) is 0 Å². The first kappa shape index (κ1) is 13.4. The van der Waals surface area contributed by atoms with Gasteiger partial charge >= 0.3 is 0 Å². The predicted molar refractivity (Wildman–Crippen MR) is 80.0 cm³/mol. The molecular weight excluding hydrogens is 312 g/mol. The molecule has 0 radical (unpaired) electrons. The molecule has 2 aromatic rings. The molecule has 0 aliphatic carbocycles. The first-order chi connectivity index (χ1) is 8.61. The average Bonchev–Trinajstić information content (AvgIpc) is 2.38. The summed E-state index contributed by atoms with van der Waals surface area (Å²) in [6.45, 7) is 2.05. The molecule has 0 spiro atoms. The Balaban J connectivity index is 2.31. The van der Waals surface area contributed by atoms with Gasteiger partial charge in [-0.05, 0) is 41.8 Å². The van der Waals surface area contributed by atoms with Gasteiger partial charge in [-0.2, -0.15) is 0 Å². The van der Waals surface area contributed by atoms with Gasteiger partial charge in [0.2, 0.25) is 0 Å². The van der Waals surface area contributed by atoms with Crippen LogP contribution in [0, 0.1) is 6.92 Å². The minimum Gasteiger partial charge on any atom is -0.496 e. The van der Waals surface area contributed by atoms with Gasteiger partial charge < -0.3 is 4.74 Å². The second-order valence-electron chi connectivity index (χ2n) is 4.14. The zero-order chi connectivity index (χ0) is 13.1. The lowest BCUT2D eigenvalue weighted by molar-refractivity contribution is 0.411. The minimum atomic E-state index is 0.166. The summed E-state index contributed by atoms with van der Waals surface area (Å²) in [6, 6.07) is 14.1. The first-order valence-corrected chi connectivity index (χ1v) is 6.95. The number of benzene rings is 2. The molecule has 2 aromatic carbocycles. The zero-order valence-corrected chi connectivity index (χ0v) is 12.6. The largest absolute Gasteiger partial charge is 0.496 e. The fourth-order valence-corrected chi connectivity index (χ4v) is 2.60. The van der Waals surface area contributed by atoms with E-state index in [2.05, 4.69) is 28.1 Å². The van der Waals surface area contributed by atoms with Gasteiger partial charge in [0.25, 0.3) is 0 Å². The highest BCUT2D eigenvalue weighted by molar-refractivity contribution is 9.09. The van der Waals surface area contributed by atoms with Crippen molar-refractivity contribution in [1.82, 2.24) is 0 Å². The van der Waals surface area contributed by atoms with Crippen LogP contribution in [0.2, 0.25) is 5.02 Å². The van der Waals surface area contributed by atoms with Crippen LogP contribution in [0.25, 0.3) is 0 Å². The van der Waals surface area contributed by atoms with E-state index in [1.165, 1.54) is 11.1 Å². The third kappa shape index (κ3) is 2.88. The van der Waals surface area contributed by atoms with E-state index in [1.54, 1.807) is 7.11 Å². The van der Waals surface area contributed by atoms with Crippen LogP contribution < -0.4 is 4.74 Å². The summed E-state index contributed by atoms with van der Waals surface area (Å²) in [5.74, 6) is 0.912. The number of hydrogen-bond acceptors (Lipinski definition) is 1. The Kier molecular flexibility index (Phi) is 4.31. The van der Waals surface area contributed by atoms with E-state index < -0.39 is 0 Å². The van der Waals surface area contributed by atoms with Gasteiger partial charge in [-0.15, -0.1) is 0 Å². The summed E-state index contributed by atoms with van der Waals surface area (Å²) >= 11 is 9.61. The van der Waals surface area contributed by atoms with Crippen molar-refractivity contribution in [3.8, 4) is 5.75 Å². The highest BCUT2D eigenvalue weighted by Gasteiger charge is 2.11. The van der Waals surface area contributed by atoms with Crippen LogP contribution in [0.4, 0.5) is 0 Å². The molecule has 0 saturated heterocycles. The maximum Gasteiger partial charge on any atom is 0.121 e. The molecule has 1 nitrogen and oxygen atoms in total. The molecule has 3 heteroatoms. The van der Waals surface area contributed by atoms with Crippen molar-refractivity contribution < 1.29 is 4.74 Å². The van der Waals surface area contributed by atoms with Crippen molar-refractivity contribution in [3.63, 3.8) is 0 Å². The number of alkyl halides is 1. The van der Waals surface area contributed by atoms with Crippen molar-refractivity contribution in [2.45, 2.75) is 11.8 Å². The molecule has 1 unspecified atom stereocenters. The molecule has 0 heterocycles. The molecule has 0 bridgehead atoms. The van der Waals surface area contributed by atoms with Crippen molar-refractivity contribution >= 4 is 27.5 Å². The monoisotopic (exact) mass is 324 g/mol. The number of rotatable bonds is 3. The molecule has 2 rings (SSSR count). The van der Waals surface area contributed by atoms with E-state index in [0.717, 1.165) is 16.3 Å². The fraction of sp³-hybridized carbons (Fsp3) is 0.200. The van der Waals surface area contributed by atoms with Gasteiger partial charge in [0.05, 0.1) is 11.9 Å². The summed E-state index contributed by atoms with van der Waals surface area (Å²) in [5.41, 5.74) is 3.52. The Bertz CT molecular complexity index is 537. The molecule has 0 amide bonds. The predicted octanol–water partition coefficient (Wildman–Crippen LogP) is 5.14. The molecule has 18 heavy (non-hydrogen) atoms. The molecule has 0 fully saturated rings. The zero-order valence-electron chi connectivity index (χ0n) is 10.3. The average molecular weight is 326 g/mol. The van der Waals surface area contributed by atoms with E-state index in [9.17, 15) is 0 Å². The van der Waals surface area contributed by atoms with Crippen LogP contribution in [0.1, 0.15) is 21.5 Å². The van der Waals surface area contributed by atoms with Gasteiger partial charge in [0.15, 0.2) is 0 Å². The van der Waals surface area contributed by atoms with Crippen molar-refractivity contribution in [1.29, 1.82) is 0 Å². The van der Waals surface area contributed by atoms with Crippen LogP contribution in [-0.2, 0) is 0 Å². The third-order valence-corrected chi connectivity index (χ3v) is 4.18. The standard InChI is InChI=1S/C15H14BrClO/c1-10-9-12(5-8-14(10)18-2)15(16)11-3-6-13(17)7-4-11/h3-9,15H,1-2H3. The van der Waals surface area contributed by atoms with Crippen LogP contribution in [-0.4, -0.2) is 7.11 Å². The maximum atomic E-state index is 5.90. The number of aryl methyl sites for hydroxylation is 1. The Hall–Kier alpha value is -0.990. The molecule has 1 atom stereocenters. The summed E-state index contributed by atoms with van der Waals surface area (Å²) in [6.07, 6.45) is 0. The van der Waals surface area contributed by atoms with Crippen LogP contribution in [0.15, 0.2) is 42.5 Å². The number of ether oxygens (including phenoxy) is 1. The highest BCUT2D eigenvalue weighted by Crippen LogP contribution is 2.33. The van der Waals surface area contributed by atoms with E-state index in [-0.39, 0.29) is 4.83 Å². The second kappa shape index (κ2) is 5.77.